The molecule has 0 aliphatic heterocycles. The maximum absolute atomic E-state index is 12.3. The second-order valence-corrected chi connectivity index (χ2v) is 5.82. The maximum Gasteiger partial charge on any atom is 0.387 e. The molecule has 0 bridgehead atoms. The normalized spacial score (nSPS) is 22.4. The number of alkyl halides is 2. The number of benzene rings is 1. The van der Waals surface area contributed by atoms with Crippen molar-refractivity contribution in [1.82, 2.24) is 0 Å². The zero-order valence-corrected chi connectivity index (χ0v) is 13.1. The van der Waals surface area contributed by atoms with Gasteiger partial charge in [0.15, 0.2) is 5.75 Å². The van der Waals surface area contributed by atoms with Crippen LogP contribution in [0.3, 0.4) is 0 Å². The van der Waals surface area contributed by atoms with Crippen LogP contribution < -0.4 is 10.1 Å². The minimum Gasteiger partial charge on any atom is -0.432 e. The molecular weight excluding hydrogens is 323 g/mol. The van der Waals surface area contributed by atoms with Gasteiger partial charge in [-0.2, -0.15) is 8.78 Å². The molecule has 7 heteroatoms. The Bertz CT molecular complexity index is 457. The first-order valence-electron chi connectivity index (χ1n) is 6.72. The highest BCUT2D eigenvalue weighted by atomic mass is 35.5. The van der Waals surface area contributed by atoms with E-state index in [-0.39, 0.29) is 15.8 Å². The number of hydrogen-bond donors (Lipinski definition) is 1. The lowest BCUT2D eigenvalue weighted by Crippen LogP contribution is -2.29. The van der Waals surface area contributed by atoms with Gasteiger partial charge in [-0.25, -0.2) is 0 Å². The van der Waals surface area contributed by atoms with E-state index in [1.54, 1.807) is 19.2 Å². The van der Waals surface area contributed by atoms with Gasteiger partial charge in [-0.3, -0.25) is 0 Å². The van der Waals surface area contributed by atoms with Crippen LogP contribution in [0.5, 0.6) is 5.75 Å². The van der Waals surface area contributed by atoms with Gasteiger partial charge >= 0.3 is 6.61 Å². The summed E-state index contributed by atoms with van der Waals surface area (Å²) >= 11 is 11.9. The van der Waals surface area contributed by atoms with E-state index < -0.39 is 6.61 Å². The quantitative estimate of drug-likeness (QED) is 0.821. The third-order valence-corrected chi connectivity index (χ3v) is 4.15. The summed E-state index contributed by atoms with van der Waals surface area (Å²) in [6.45, 7) is -2.96. The Morgan fingerprint density at radius 2 is 1.71 bits per heavy atom. The summed E-state index contributed by atoms with van der Waals surface area (Å²) in [5.41, 5.74) is 0.701. The van der Waals surface area contributed by atoms with Crippen LogP contribution in [0.4, 0.5) is 14.5 Å². The summed E-state index contributed by atoms with van der Waals surface area (Å²) in [6.07, 6.45) is 4.24. The van der Waals surface area contributed by atoms with Crippen molar-refractivity contribution in [3.8, 4) is 5.75 Å². The molecule has 3 nitrogen and oxygen atoms in total. The third-order valence-electron chi connectivity index (χ3n) is 3.58. The Morgan fingerprint density at radius 3 is 2.19 bits per heavy atom. The number of anilines is 1. The summed E-state index contributed by atoms with van der Waals surface area (Å²) < 4.78 is 34.1. The predicted molar refractivity (Wildman–Crippen MR) is 79.8 cm³/mol. The lowest BCUT2D eigenvalue weighted by atomic mass is 9.93. The number of methoxy groups -OCH3 is 1. The Balaban J connectivity index is 2.01. The number of nitrogens with one attached hydrogen (secondary N) is 1. The number of halogens is 4. The molecule has 1 aromatic rings. The molecule has 1 fully saturated rings. The standard InChI is InChI=1S/C14H17Cl2F2NO2/c1-20-10-4-2-8(3-5-10)19-9-6-11(15)13(12(16)7-9)21-14(17)18/h6-8,10,14,19H,2-5H2,1H3. The Kier molecular flexibility index (Phi) is 5.90. The van der Waals surface area contributed by atoms with Crippen LogP contribution in [-0.4, -0.2) is 25.9 Å². The van der Waals surface area contributed by atoms with Gasteiger partial charge in [-0.1, -0.05) is 23.2 Å². The fourth-order valence-corrected chi connectivity index (χ4v) is 3.10. The summed E-state index contributed by atoms with van der Waals surface area (Å²) in [4.78, 5) is 0. The molecule has 0 saturated heterocycles. The van der Waals surface area contributed by atoms with E-state index in [0.717, 1.165) is 25.7 Å². The van der Waals surface area contributed by atoms with Gasteiger partial charge in [0.1, 0.15) is 0 Å². The van der Waals surface area contributed by atoms with Crippen molar-refractivity contribution in [3.63, 3.8) is 0 Å². The van der Waals surface area contributed by atoms with E-state index in [1.807, 2.05) is 0 Å². The number of rotatable bonds is 5. The monoisotopic (exact) mass is 339 g/mol. The van der Waals surface area contributed by atoms with E-state index in [1.165, 1.54) is 0 Å². The Hall–Kier alpha value is -0.780. The first-order valence-corrected chi connectivity index (χ1v) is 7.48. The predicted octanol–water partition coefficient (Wildman–Crippen LogP) is 4.96. The highest BCUT2D eigenvalue weighted by Crippen LogP contribution is 2.37. The van der Waals surface area contributed by atoms with Crippen molar-refractivity contribution < 1.29 is 18.3 Å². The minimum atomic E-state index is -2.96. The number of ether oxygens (including phenoxy) is 2. The molecule has 1 saturated carbocycles. The largest absolute Gasteiger partial charge is 0.432 e. The van der Waals surface area contributed by atoms with Crippen LogP contribution in [-0.2, 0) is 4.74 Å². The summed E-state index contributed by atoms with van der Waals surface area (Å²) in [7, 11) is 1.72. The molecule has 1 N–H and O–H groups in total. The van der Waals surface area contributed by atoms with Crippen molar-refractivity contribution in [3.05, 3.63) is 22.2 Å². The van der Waals surface area contributed by atoms with Gasteiger partial charge in [0.05, 0.1) is 16.1 Å². The first-order chi connectivity index (χ1) is 9.99. The SMILES string of the molecule is COC1CCC(Nc2cc(Cl)c(OC(F)F)c(Cl)c2)CC1. The van der Waals surface area contributed by atoms with Crippen molar-refractivity contribution in [2.75, 3.05) is 12.4 Å². The van der Waals surface area contributed by atoms with Crippen molar-refractivity contribution in [2.45, 2.75) is 44.4 Å². The van der Waals surface area contributed by atoms with E-state index in [4.69, 9.17) is 27.9 Å². The van der Waals surface area contributed by atoms with Crippen LogP contribution >= 0.6 is 23.2 Å². The van der Waals surface area contributed by atoms with Crippen LogP contribution in [0.25, 0.3) is 0 Å². The summed E-state index contributed by atoms with van der Waals surface area (Å²) in [6, 6.07) is 3.39. The number of hydrogen-bond acceptors (Lipinski definition) is 3. The molecule has 118 valence electrons. The van der Waals surface area contributed by atoms with Gasteiger partial charge in [0.2, 0.25) is 0 Å². The van der Waals surface area contributed by atoms with E-state index in [0.29, 0.717) is 17.8 Å². The molecule has 0 spiro atoms. The van der Waals surface area contributed by atoms with Crippen molar-refractivity contribution >= 4 is 28.9 Å². The minimum absolute atomic E-state index is 0.0656. The van der Waals surface area contributed by atoms with Crippen LogP contribution in [0.2, 0.25) is 10.0 Å². The molecule has 0 heterocycles. The zero-order chi connectivity index (χ0) is 15.4. The van der Waals surface area contributed by atoms with Crippen LogP contribution in [0, 0.1) is 0 Å². The van der Waals surface area contributed by atoms with Crippen molar-refractivity contribution in [1.29, 1.82) is 0 Å². The third kappa shape index (κ3) is 4.59. The average molecular weight is 340 g/mol. The van der Waals surface area contributed by atoms with Crippen molar-refractivity contribution in [2.24, 2.45) is 0 Å². The van der Waals surface area contributed by atoms with E-state index in [9.17, 15) is 8.78 Å². The fraction of sp³-hybridized carbons (Fsp3) is 0.571. The lowest BCUT2D eigenvalue weighted by Gasteiger charge is -2.29. The van der Waals surface area contributed by atoms with Gasteiger partial charge in [-0.15, -0.1) is 0 Å². The molecule has 1 aromatic carbocycles. The molecule has 2 rings (SSSR count). The summed E-state index contributed by atoms with van der Waals surface area (Å²) in [5, 5.41) is 3.45. The van der Waals surface area contributed by atoms with Crippen LogP contribution in [0.15, 0.2) is 12.1 Å². The van der Waals surface area contributed by atoms with Gasteiger partial charge in [0.25, 0.3) is 0 Å². The average Bonchev–Trinajstić information content (AvgIpc) is 2.43. The molecule has 1 aliphatic carbocycles. The molecule has 1 aliphatic rings. The molecular formula is C14H17Cl2F2NO2. The maximum atomic E-state index is 12.3. The molecule has 0 atom stereocenters. The smallest absolute Gasteiger partial charge is 0.387 e. The topological polar surface area (TPSA) is 30.5 Å². The molecule has 0 unspecified atom stereocenters. The van der Waals surface area contributed by atoms with Gasteiger partial charge < -0.3 is 14.8 Å². The van der Waals surface area contributed by atoms with Crippen LogP contribution in [0.1, 0.15) is 25.7 Å². The summed E-state index contributed by atoms with van der Waals surface area (Å²) in [5.74, 6) is -0.193. The highest BCUT2D eigenvalue weighted by molar-refractivity contribution is 6.37. The fourth-order valence-electron chi connectivity index (χ4n) is 2.52. The van der Waals surface area contributed by atoms with E-state index in [2.05, 4.69) is 10.1 Å². The Labute approximate surface area is 132 Å². The molecule has 0 amide bonds. The van der Waals surface area contributed by atoms with Gasteiger partial charge in [-0.05, 0) is 37.8 Å². The molecule has 0 aromatic heterocycles. The molecule has 21 heavy (non-hydrogen) atoms. The lowest BCUT2D eigenvalue weighted by molar-refractivity contribution is -0.0497. The van der Waals surface area contributed by atoms with Gasteiger partial charge in [0, 0.05) is 18.8 Å². The first kappa shape index (κ1) is 16.6. The zero-order valence-electron chi connectivity index (χ0n) is 11.5. The van der Waals surface area contributed by atoms with E-state index >= 15 is 0 Å². The Morgan fingerprint density at radius 1 is 1.14 bits per heavy atom. The second-order valence-electron chi connectivity index (χ2n) is 5.00. The molecule has 0 radical (unpaired) electrons. The highest BCUT2D eigenvalue weighted by Gasteiger charge is 2.21. The second kappa shape index (κ2) is 7.47.